The zero-order valence-electron chi connectivity index (χ0n) is 38.1. The average Bonchev–Trinajstić information content (AvgIpc) is 4.01. The van der Waals surface area contributed by atoms with Crippen LogP contribution in [-0.2, 0) is 25.5 Å². The molecule has 11 rings (SSSR count). The summed E-state index contributed by atoms with van der Waals surface area (Å²) < 4.78 is 15.5. The Balaban J connectivity index is 0.000000266. The van der Waals surface area contributed by atoms with Crippen molar-refractivity contribution >= 4 is 54.9 Å². The summed E-state index contributed by atoms with van der Waals surface area (Å²) in [5.74, 6) is 1.36. The number of aromatic nitrogens is 3. The van der Waals surface area contributed by atoms with E-state index >= 15 is 0 Å². The Morgan fingerprint density at radius 1 is 0.615 bits per heavy atom. The predicted molar refractivity (Wildman–Crippen MR) is 265 cm³/mol. The van der Waals surface area contributed by atoms with Gasteiger partial charge in [0.25, 0.3) is 0 Å². The van der Waals surface area contributed by atoms with Crippen molar-refractivity contribution < 1.29 is 28.9 Å². The van der Waals surface area contributed by atoms with Crippen LogP contribution in [0.15, 0.2) is 161 Å². The fourth-order valence-corrected chi connectivity index (χ4v) is 9.07. The molecular weight excluding hydrogens is 975 g/mol. The first kappa shape index (κ1) is 43.7. The first-order valence-electron chi connectivity index (χ1n) is 22.3. The van der Waals surface area contributed by atoms with Crippen molar-refractivity contribution in [3.8, 4) is 39.5 Å². The van der Waals surface area contributed by atoms with Crippen molar-refractivity contribution in [3.05, 3.63) is 186 Å². The van der Waals surface area contributed by atoms with Crippen LogP contribution in [0.5, 0.6) is 0 Å². The second-order valence-electron chi connectivity index (χ2n) is 18.5. The smallest absolute Gasteiger partial charge is 0.139 e. The average molecular weight is 1030 g/mol. The second kappa shape index (κ2) is 17.4. The number of para-hydroxylation sites is 2. The molecule has 11 aromatic rings. The Hall–Kier alpha value is -6.59. The van der Waals surface area contributed by atoms with Crippen molar-refractivity contribution in [3.63, 3.8) is 0 Å². The molecular formula is C59H51IrN3O2-2. The zero-order valence-corrected chi connectivity index (χ0v) is 40.5. The number of rotatable bonds is 6. The minimum absolute atomic E-state index is 0. The van der Waals surface area contributed by atoms with Crippen LogP contribution in [-0.4, -0.2) is 14.5 Å². The van der Waals surface area contributed by atoms with Crippen LogP contribution >= 0.6 is 0 Å². The third kappa shape index (κ3) is 7.90. The molecule has 0 atom stereocenters. The van der Waals surface area contributed by atoms with Crippen LogP contribution in [0.25, 0.3) is 94.4 Å². The summed E-state index contributed by atoms with van der Waals surface area (Å²) in [7, 11) is 0. The summed E-state index contributed by atoms with van der Waals surface area (Å²) in [4.78, 5) is 9.77. The van der Waals surface area contributed by atoms with E-state index in [9.17, 15) is 0 Å². The maximum atomic E-state index is 6.92. The molecule has 0 aliphatic carbocycles. The number of furan rings is 2. The molecule has 0 amide bonds. The summed E-state index contributed by atoms with van der Waals surface area (Å²) in [6, 6.07) is 57.2. The third-order valence-corrected chi connectivity index (χ3v) is 12.4. The second-order valence-corrected chi connectivity index (χ2v) is 18.5. The Bertz CT molecular complexity index is 3470. The van der Waals surface area contributed by atoms with Gasteiger partial charge in [-0.3, -0.25) is 4.98 Å². The molecule has 325 valence electrons. The van der Waals surface area contributed by atoms with E-state index in [2.05, 4.69) is 174 Å². The van der Waals surface area contributed by atoms with E-state index in [-0.39, 0.29) is 37.4 Å². The Labute approximate surface area is 394 Å². The van der Waals surface area contributed by atoms with Gasteiger partial charge in [-0.2, -0.15) is 0 Å². The monoisotopic (exact) mass is 1030 g/mol. The molecule has 6 heteroatoms. The summed E-state index contributed by atoms with van der Waals surface area (Å²) in [5, 5.41) is 4.13. The van der Waals surface area contributed by atoms with E-state index in [1.165, 1.54) is 39.1 Å². The number of fused-ring (bicyclic) bond motifs is 8. The molecule has 7 aromatic carbocycles. The predicted octanol–water partition coefficient (Wildman–Crippen LogP) is 16.4. The summed E-state index contributed by atoms with van der Waals surface area (Å²) in [6.07, 6.45) is 1.87. The van der Waals surface area contributed by atoms with E-state index in [1.54, 1.807) is 0 Å². The molecule has 1 radical (unpaired) electrons. The number of nitrogens with zero attached hydrogens (tertiary/aromatic N) is 3. The van der Waals surface area contributed by atoms with Crippen molar-refractivity contribution in [2.24, 2.45) is 0 Å². The summed E-state index contributed by atoms with van der Waals surface area (Å²) in [6.45, 7) is 18.0. The number of hydrogen-bond acceptors (Lipinski definition) is 4. The van der Waals surface area contributed by atoms with Crippen molar-refractivity contribution in [2.75, 3.05) is 0 Å². The topological polar surface area (TPSA) is 57.0 Å². The molecule has 0 fully saturated rings. The minimum Gasteiger partial charge on any atom is -0.500 e. The maximum Gasteiger partial charge on any atom is 0.139 e. The first-order chi connectivity index (χ1) is 31.0. The van der Waals surface area contributed by atoms with Crippen LogP contribution in [0.1, 0.15) is 82.6 Å². The van der Waals surface area contributed by atoms with Crippen molar-refractivity contribution in [1.82, 2.24) is 14.5 Å². The molecule has 4 aromatic heterocycles. The molecule has 5 nitrogen and oxygen atoms in total. The molecule has 0 saturated carbocycles. The Morgan fingerprint density at radius 2 is 1.34 bits per heavy atom. The van der Waals surface area contributed by atoms with Crippen LogP contribution in [0, 0.1) is 19.1 Å². The van der Waals surface area contributed by atoms with Gasteiger partial charge in [-0.25, -0.2) is 0 Å². The van der Waals surface area contributed by atoms with Crippen LogP contribution < -0.4 is 0 Å². The van der Waals surface area contributed by atoms with Crippen molar-refractivity contribution in [1.29, 1.82) is 0 Å². The molecule has 65 heavy (non-hydrogen) atoms. The van der Waals surface area contributed by atoms with E-state index < -0.39 is 0 Å². The number of pyridine rings is 1. The molecule has 0 aliphatic rings. The zero-order chi connectivity index (χ0) is 44.3. The molecule has 0 bridgehead atoms. The van der Waals surface area contributed by atoms with E-state index in [0.717, 1.165) is 77.6 Å². The summed E-state index contributed by atoms with van der Waals surface area (Å²) in [5.41, 5.74) is 17.1. The van der Waals surface area contributed by atoms with Gasteiger partial charge in [0.05, 0.1) is 27.8 Å². The fourth-order valence-electron chi connectivity index (χ4n) is 9.07. The maximum absolute atomic E-state index is 6.92. The number of aryl methyl sites for hydroxylation is 1. The number of imidazole rings is 1. The fraction of sp³-hybridized carbons (Fsp3) is 0.186. The molecule has 0 aliphatic heterocycles. The number of benzene rings is 7. The van der Waals surface area contributed by atoms with Gasteiger partial charge in [0.2, 0.25) is 0 Å². The van der Waals surface area contributed by atoms with Gasteiger partial charge in [0.1, 0.15) is 16.7 Å². The molecule has 0 unspecified atom stereocenters. The van der Waals surface area contributed by atoms with Crippen LogP contribution in [0.2, 0.25) is 0 Å². The van der Waals surface area contributed by atoms with Gasteiger partial charge < -0.3 is 18.4 Å². The van der Waals surface area contributed by atoms with Gasteiger partial charge in [0, 0.05) is 42.8 Å². The molecule has 4 heterocycles. The molecule has 0 spiro atoms. The molecule has 0 saturated heterocycles. The SMILES string of the molecule is CC(C)(C)c1ccnc(-c2[c-]cccc2)c1.Cc1cccc2nc(-c3[c-]ccc4c3oc3c4ccc4oc5ccccc5c43)n(-c3c(C(C)C)cc(-c4ccccc4)cc3C(C)C)c12.[Ir]. The van der Waals surface area contributed by atoms with E-state index in [0.29, 0.717) is 0 Å². The summed E-state index contributed by atoms with van der Waals surface area (Å²) >= 11 is 0. The number of hydrogen-bond donors (Lipinski definition) is 0. The first-order valence-corrected chi connectivity index (χ1v) is 22.3. The van der Waals surface area contributed by atoms with Crippen molar-refractivity contribution in [2.45, 2.75) is 72.6 Å². The van der Waals surface area contributed by atoms with Gasteiger partial charge in [-0.15, -0.1) is 54.1 Å². The standard InChI is InChI=1S/C44H35N2O2.C15H16N.Ir/c1-25(2)34-23-29(28-14-7-6-8-15-28)24-35(26(3)4)41(34)46-40-27(5)13-11-19-36(40)45-44(46)33-18-12-17-30-31-21-22-38-39(43(31)48-42(30)33)32-16-9-10-20-37(32)47-38;1-15(2,3)13-9-10-16-14(11-13)12-7-5-4-6-8-12;/h6-17,19-26H,1-5H3;4-7,9-11H,1-3H3;/q2*-1;. The quantitative estimate of drug-likeness (QED) is 0.156. The van der Waals surface area contributed by atoms with E-state index in [4.69, 9.17) is 13.8 Å². The largest absolute Gasteiger partial charge is 0.500 e. The van der Waals surface area contributed by atoms with Gasteiger partial charge in [-0.05, 0) is 106 Å². The molecule has 0 N–H and O–H groups in total. The minimum atomic E-state index is 0. The van der Waals surface area contributed by atoms with E-state index in [1.807, 2.05) is 54.7 Å². The third-order valence-electron chi connectivity index (χ3n) is 12.4. The van der Waals surface area contributed by atoms with Crippen LogP contribution in [0.4, 0.5) is 0 Å². The van der Waals surface area contributed by atoms with Crippen LogP contribution in [0.3, 0.4) is 0 Å². The normalized spacial score (nSPS) is 11.8. The van der Waals surface area contributed by atoms with Gasteiger partial charge in [-0.1, -0.05) is 126 Å². The Kier molecular flexibility index (Phi) is 11.7. The van der Waals surface area contributed by atoms with Gasteiger partial charge >= 0.3 is 0 Å². The Morgan fingerprint density at radius 3 is 2.06 bits per heavy atom. The van der Waals surface area contributed by atoms with Gasteiger partial charge in [0.15, 0.2) is 0 Å².